The van der Waals surface area contributed by atoms with E-state index < -0.39 is 16.4 Å². The summed E-state index contributed by atoms with van der Waals surface area (Å²) >= 11 is 1.33. The van der Waals surface area contributed by atoms with Crippen molar-refractivity contribution in [1.82, 2.24) is 4.98 Å². The second kappa shape index (κ2) is 7.17. The highest BCUT2D eigenvalue weighted by Gasteiger charge is 2.14. The Hall–Kier alpha value is -3.50. The Morgan fingerprint density at radius 2 is 2.04 bits per heavy atom. The summed E-state index contributed by atoms with van der Waals surface area (Å²) in [5.74, 6) is -0.415. The molecule has 0 unspecified atom stereocenters. The number of phenolic OH excluding ortho intramolecular Hbond substituents is 1. The fourth-order valence-corrected chi connectivity index (χ4v) is 3.13. The summed E-state index contributed by atoms with van der Waals surface area (Å²) in [4.78, 5) is 14.8. The first-order valence-corrected chi connectivity index (χ1v) is 8.48. The molecule has 7 heteroatoms. The van der Waals surface area contributed by atoms with Gasteiger partial charge >= 0.3 is 5.69 Å². The van der Waals surface area contributed by atoms with Crippen LogP contribution in [0.4, 0.5) is 5.69 Å². The number of allylic oxidation sites excluding steroid dienone is 1. The lowest BCUT2D eigenvalue weighted by Crippen LogP contribution is -1.89. The molecule has 0 atom stereocenters. The van der Waals surface area contributed by atoms with E-state index in [1.165, 1.54) is 35.6 Å². The molecule has 0 fully saturated rings. The number of nitro groups is 1. The van der Waals surface area contributed by atoms with E-state index in [0.717, 1.165) is 16.8 Å². The Morgan fingerprint density at radius 1 is 1.31 bits per heavy atom. The molecule has 0 aliphatic carbocycles. The van der Waals surface area contributed by atoms with Gasteiger partial charge in [0.2, 0.25) is 0 Å². The molecule has 3 aromatic rings. The van der Waals surface area contributed by atoms with E-state index in [1.54, 1.807) is 0 Å². The van der Waals surface area contributed by atoms with E-state index in [2.05, 4.69) is 11.1 Å². The zero-order valence-corrected chi connectivity index (χ0v) is 14.5. The minimum absolute atomic E-state index is 0.299. The summed E-state index contributed by atoms with van der Waals surface area (Å²) in [5.41, 5.74) is 3.20. The van der Waals surface area contributed by atoms with E-state index in [0.29, 0.717) is 16.1 Å². The van der Waals surface area contributed by atoms with E-state index in [-0.39, 0.29) is 0 Å². The van der Waals surface area contributed by atoms with Crippen LogP contribution < -0.4 is 0 Å². The summed E-state index contributed by atoms with van der Waals surface area (Å²) in [6.07, 6.45) is 1.52. The Morgan fingerprint density at radius 3 is 2.69 bits per heavy atom. The summed E-state index contributed by atoms with van der Waals surface area (Å²) in [7, 11) is 0. The van der Waals surface area contributed by atoms with Crippen molar-refractivity contribution in [3.63, 3.8) is 0 Å². The second-order valence-electron chi connectivity index (χ2n) is 5.58. The van der Waals surface area contributed by atoms with Gasteiger partial charge in [0.1, 0.15) is 11.1 Å². The van der Waals surface area contributed by atoms with Gasteiger partial charge < -0.3 is 5.11 Å². The molecule has 0 spiro atoms. The van der Waals surface area contributed by atoms with Gasteiger partial charge in [0.05, 0.1) is 16.2 Å². The van der Waals surface area contributed by atoms with Crippen molar-refractivity contribution in [1.29, 1.82) is 5.26 Å². The first kappa shape index (κ1) is 17.3. The molecule has 0 aliphatic rings. The number of thiazole rings is 1. The van der Waals surface area contributed by atoms with Gasteiger partial charge in [-0.1, -0.05) is 35.9 Å². The third-order valence-corrected chi connectivity index (χ3v) is 4.59. The van der Waals surface area contributed by atoms with Gasteiger partial charge in [-0.3, -0.25) is 10.1 Å². The molecule has 0 amide bonds. The number of rotatable bonds is 4. The third kappa shape index (κ3) is 3.61. The molecule has 0 saturated carbocycles. The van der Waals surface area contributed by atoms with Gasteiger partial charge in [0.25, 0.3) is 0 Å². The normalized spacial score (nSPS) is 11.2. The zero-order chi connectivity index (χ0) is 18.7. The van der Waals surface area contributed by atoms with Crippen LogP contribution in [0, 0.1) is 28.4 Å². The Balaban J connectivity index is 1.96. The maximum atomic E-state index is 10.9. The number of benzene rings is 2. The molecule has 26 heavy (non-hydrogen) atoms. The fourth-order valence-electron chi connectivity index (χ4n) is 2.34. The number of aromatic hydroxyl groups is 1. The second-order valence-corrected chi connectivity index (χ2v) is 6.44. The van der Waals surface area contributed by atoms with E-state index >= 15 is 0 Å². The third-order valence-electron chi connectivity index (χ3n) is 3.71. The van der Waals surface area contributed by atoms with Crippen LogP contribution in [0.15, 0.2) is 47.8 Å². The molecule has 1 aromatic heterocycles. The zero-order valence-electron chi connectivity index (χ0n) is 13.7. The molecule has 6 nitrogen and oxygen atoms in total. The van der Waals surface area contributed by atoms with Crippen molar-refractivity contribution >= 4 is 28.7 Å². The van der Waals surface area contributed by atoms with E-state index in [9.17, 15) is 20.5 Å². The van der Waals surface area contributed by atoms with Gasteiger partial charge in [-0.15, -0.1) is 11.3 Å². The number of hydrogen-bond donors (Lipinski definition) is 1. The molecule has 0 radical (unpaired) electrons. The quantitative estimate of drug-likeness (QED) is 0.408. The minimum atomic E-state index is -0.669. The first-order valence-electron chi connectivity index (χ1n) is 7.60. The molecule has 2 aromatic carbocycles. The molecule has 0 saturated heterocycles. The van der Waals surface area contributed by atoms with Gasteiger partial charge in [0, 0.05) is 17.0 Å². The molecule has 1 heterocycles. The number of phenols is 1. The highest BCUT2D eigenvalue weighted by molar-refractivity contribution is 7.11. The van der Waals surface area contributed by atoms with Crippen molar-refractivity contribution in [3.05, 3.63) is 74.1 Å². The molecule has 128 valence electrons. The SMILES string of the molecule is Cc1ccc(-c2csc(C(C#N)=Cc3ccc(O)c([N+](=O)[O-])c3)n2)cc1. The average molecular weight is 363 g/mol. The lowest BCUT2D eigenvalue weighted by Gasteiger charge is -1.99. The van der Waals surface area contributed by atoms with Crippen LogP contribution in [0.1, 0.15) is 16.1 Å². The van der Waals surface area contributed by atoms with E-state index in [1.807, 2.05) is 36.6 Å². The Labute approximate surface area is 153 Å². The van der Waals surface area contributed by atoms with Crippen molar-refractivity contribution in [2.75, 3.05) is 0 Å². The van der Waals surface area contributed by atoms with Gasteiger partial charge in [-0.2, -0.15) is 5.26 Å². The van der Waals surface area contributed by atoms with Crippen LogP contribution in [0.2, 0.25) is 0 Å². The monoisotopic (exact) mass is 363 g/mol. The van der Waals surface area contributed by atoms with Crippen LogP contribution in [-0.4, -0.2) is 15.0 Å². The lowest BCUT2D eigenvalue weighted by atomic mass is 10.1. The van der Waals surface area contributed by atoms with Gasteiger partial charge in [-0.05, 0) is 24.6 Å². The van der Waals surface area contributed by atoms with Gasteiger partial charge in [-0.25, -0.2) is 4.98 Å². The lowest BCUT2D eigenvalue weighted by molar-refractivity contribution is -0.385. The highest BCUT2D eigenvalue weighted by atomic mass is 32.1. The number of nitriles is 1. The minimum Gasteiger partial charge on any atom is -0.502 e. The molecule has 3 rings (SSSR count). The summed E-state index contributed by atoms with van der Waals surface area (Å²) < 4.78 is 0. The van der Waals surface area contributed by atoms with Crippen molar-refractivity contribution in [2.24, 2.45) is 0 Å². The standard InChI is InChI=1S/C19H13N3O3S/c1-12-2-5-14(6-3-12)16-11-26-19(21-16)15(10-20)8-13-4-7-18(23)17(9-13)22(24)25/h2-9,11,23H,1H3. The van der Waals surface area contributed by atoms with Crippen LogP contribution in [0.5, 0.6) is 5.75 Å². The highest BCUT2D eigenvalue weighted by Crippen LogP contribution is 2.30. The van der Waals surface area contributed by atoms with Gasteiger partial charge in [0.15, 0.2) is 5.75 Å². The average Bonchev–Trinajstić information content (AvgIpc) is 3.11. The summed E-state index contributed by atoms with van der Waals surface area (Å²) in [6.45, 7) is 2.00. The Kier molecular flexibility index (Phi) is 4.78. The summed E-state index contributed by atoms with van der Waals surface area (Å²) in [6, 6.07) is 14.0. The van der Waals surface area contributed by atoms with E-state index in [4.69, 9.17) is 0 Å². The number of aryl methyl sites for hydroxylation is 1. The molecular weight excluding hydrogens is 350 g/mol. The van der Waals surface area contributed by atoms with Crippen LogP contribution in [-0.2, 0) is 0 Å². The van der Waals surface area contributed by atoms with Crippen molar-refractivity contribution in [3.8, 4) is 23.1 Å². The number of aromatic nitrogens is 1. The molecule has 1 N–H and O–H groups in total. The fraction of sp³-hybridized carbons (Fsp3) is 0.0526. The maximum Gasteiger partial charge on any atom is 0.311 e. The number of hydrogen-bond acceptors (Lipinski definition) is 6. The predicted octanol–water partition coefficient (Wildman–Crippen LogP) is 4.80. The topological polar surface area (TPSA) is 100 Å². The number of nitrogens with zero attached hydrogens (tertiary/aromatic N) is 3. The van der Waals surface area contributed by atoms with Crippen LogP contribution in [0.3, 0.4) is 0 Å². The first-order chi connectivity index (χ1) is 12.5. The molecule has 0 bridgehead atoms. The summed E-state index contributed by atoms with van der Waals surface area (Å²) in [5, 5.41) is 32.3. The van der Waals surface area contributed by atoms with Crippen molar-refractivity contribution in [2.45, 2.75) is 6.92 Å². The van der Waals surface area contributed by atoms with Crippen LogP contribution >= 0.6 is 11.3 Å². The predicted molar refractivity (Wildman–Crippen MR) is 101 cm³/mol. The molecule has 0 aliphatic heterocycles. The number of nitro benzene ring substituents is 1. The van der Waals surface area contributed by atoms with Crippen molar-refractivity contribution < 1.29 is 10.0 Å². The van der Waals surface area contributed by atoms with Crippen LogP contribution in [0.25, 0.3) is 22.9 Å². The molecular formula is C19H13N3O3S. The largest absolute Gasteiger partial charge is 0.502 e. The Bertz CT molecular complexity index is 1050. The smallest absolute Gasteiger partial charge is 0.311 e. The maximum absolute atomic E-state index is 10.9.